The number of hydrogen-bond acceptors (Lipinski definition) is 3. The molecular weight excluding hydrogens is 206 g/mol. The summed E-state index contributed by atoms with van der Waals surface area (Å²) in [6.07, 6.45) is 2.21. The molecule has 2 aliphatic rings. The van der Waals surface area contributed by atoms with E-state index in [1.54, 1.807) is 4.90 Å². The molecule has 1 aliphatic heterocycles. The van der Waals surface area contributed by atoms with Gasteiger partial charge in [-0.05, 0) is 46.0 Å². The van der Waals surface area contributed by atoms with Crippen molar-refractivity contribution in [1.82, 2.24) is 4.90 Å². The Morgan fingerprint density at radius 3 is 2.62 bits per heavy atom. The van der Waals surface area contributed by atoms with Crippen LogP contribution >= 0.6 is 0 Å². The monoisotopic (exact) mass is 227 g/mol. The molecule has 0 aromatic carbocycles. The molecule has 4 nitrogen and oxygen atoms in total. The van der Waals surface area contributed by atoms with Gasteiger partial charge in [0.2, 0.25) is 0 Å². The van der Waals surface area contributed by atoms with Crippen LogP contribution < -0.4 is 0 Å². The van der Waals surface area contributed by atoms with E-state index in [9.17, 15) is 9.90 Å². The first kappa shape index (κ1) is 11.7. The molecule has 1 saturated heterocycles. The molecule has 0 aromatic heterocycles. The number of carbonyl (C=O) groups is 1. The first-order valence-corrected chi connectivity index (χ1v) is 6.06. The molecule has 2 fully saturated rings. The summed E-state index contributed by atoms with van der Waals surface area (Å²) in [5.41, 5.74) is -0.460. The van der Waals surface area contributed by atoms with Crippen LogP contribution in [0.5, 0.6) is 0 Å². The van der Waals surface area contributed by atoms with E-state index < -0.39 is 5.60 Å². The van der Waals surface area contributed by atoms with Crippen LogP contribution in [0.1, 0.15) is 40.0 Å². The molecule has 2 rings (SSSR count). The first-order valence-electron chi connectivity index (χ1n) is 6.06. The van der Waals surface area contributed by atoms with E-state index in [0.29, 0.717) is 5.92 Å². The number of hydrogen-bond donors (Lipinski definition) is 1. The normalized spacial score (nSPS) is 34.0. The zero-order valence-corrected chi connectivity index (χ0v) is 10.3. The predicted molar refractivity (Wildman–Crippen MR) is 60.1 cm³/mol. The molecule has 1 amide bonds. The highest BCUT2D eigenvalue weighted by Gasteiger charge is 2.46. The van der Waals surface area contributed by atoms with Crippen LogP contribution in [0.25, 0.3) is 0 Å². The number of aliphatic hydroxyl groups excluding tert-OH is 1. The quantitative estimate of drug-likeness (QED) is 0.686. The topological polar surface area (TPSA) is 49.8 Å². The van der Waals surface area contributed by atoms with Crippen LogP contribution in [-0.4, -0.2) is 40.4 Å². The third-order valence-electron chi connectivity index (χ3n) is 3.44. The summed E-state index contributed by atoms with van der Waals surface area (Å²) < 4.78 is 5.35. The maximum Gasteiger partial charge on any atom is 0.410 e. The van der Waals surface area contributed by atoms with Gasteiger partial charge in [-0.25, -0.2) is 4.79 Å². The van der Waals surface area contributed by atoms with Gasteiger partial charge in [-0.15, -0.1) is 0 Å². The molecule has 4 heteroatoms. The van der Waals surface area contributed by atoms with Crippen LogP contribution in [0, 0.1) is 5.92 Å². The molecule has 1 aliphatic carbocycles. The maximum atomic E-state index is 11.9. The Bertz CT molecular complexity index is 284. The minimum absolute atomic E-state index is 0.00477. The summed E-state index contributed by atoms with van der Waals surface area (Å²) in [4.78, 5) is 13.7. The summed E-state index contributed by atoms with van der Waals surface area (Å²) in [5.74, 6) is 0.475. The van der Waals surface area contributed by atoms with Crippen molar-refractivity contribution in [2.24, 2.45) is 5.92 Å². The Balaban J connectivity index is 2.02. The second kappa shape index (κ2) is 3.91. The Hall–Kier alpha value is -0.770. The number of fused-ring (bicyclic) bond motifs is 1. The van der Waals surface area contributed by atoms with E-state index >= 15 is 0 Å². The van der Waals surface area contributed by atoms with Crippen LogP contribution in [0.2, 0.25) is 0 Å². The third-order valence-corrected chi connectivity index (χ3v) is 3.44. The zero-order valence-electron chi connectivity index (χ0n) is 10.3. The molecule has 1 N–H and O–H groups in total. The van der Waals surface area contributed by atoms with Crippen LogP contribution in [0.4, 0.5) is 4.79 Å². The second-order valence-electron chi connectivity index (χ2n) is 5.86. The highest BCUT2D eigenvalue weighted by atomic mass is 16.6. The largest absolute Gasteiger partial charge is 0.444 e. The van der Waals surface area contributed by atoms with E-state index in [2.05, 4.69) is 0 Å². The zero-order chi connectivity index (χ0) is 11.9. The van der Waals surface area contributed by atoms with Crippen molar-refractivity contribution < 1.29 is 14.6 Å². The summed E-state index contributed by atoms with van der Waals surface area (Å²) in [7, 11) is 0. The molecule has 0 spiro atoms. The maximum absolute atomic E-state index is 11.9. The molecule has 16 heavy (non-hydrogen) atoms. The molecule has 0 bridgehead atoms. The van der Waals surface area contributed by atoms with Gasteiger partial charge >= 0.3 is 6.09 Å². The van der Waals surface area contributed by atoms with Gasteiger partial charge in [0, 0.05) is 6.54 Å². The number of nitrogens with zero attached hydrogens (tertiary/aromatic N) is 1. The molecule has 3 atom stereocenters. The van der Waals surface area contributed by atoms with E-state index in [4.69, 9.17) is 4.74 Å². The van der Waals surface area contributed by atoms with Crippen molar-refractivity contribution in [3.05, 3.63) is 0 Å². The third kappa shape index (κ3) is 2.17. The minimum Gasteiger partial charge on any atom is -0.444 e. The van der Waals surface area contributed by atoms with Crippen molar-refractivity contribution in [2.45, 2.75) is 57.8 Å². The fourth-order valence-corrected chi connectivity index (χ4v) is 2.81. The lowest BCUT2D eigenvalue weighted by molar-refractivity contribution is 0.00753. The van der Waals surface area contributed by atoms with Gasteiger partial charge < -0.3 is 14.7 Å². The smallest absolute Gasteiger partial charge is 0.410 e. The number of amides is 1. The Morgan fingerprint density at radius 1 is 1.31 bits per heavy atom. The van der Waals surface area contributed by atoms with Crippen LogP contribution in [0.3, 0.4) is 0 Å². The van der Waals surface area contributed by atoms with Gasteiger partial charge in [-0.3, -0.25) is 0 Å². The standard InChI is InChI=1S/C12H21NO3/c1-12(2,3)16-11(15)13-7-6-8-4-5-9(14)10(8)13/h8-10,14H,4-7H2,1-3H3/t8-,9+,10+/m1/s1. The molecule has 0 radical (unpaired) electrons. The number of ether oxygens (including phenoxy) is 1. The fraction of sp³-hybridized carbons (Fsp3) is 0.917. The molecule has 0 aromatic rings. The van der Waals surface area contributed by atoms with Gasteiger partial charge in [-0.1, -0.05) is 0 Å². The predicted octanol–water partition coefficient (Wildman–Crippen LogP) is 1.77. The molecule has 1 heterocycles. The van der Waals surface area contributed by atoms with Gasteiger partial charge in [0.05, 0.1) is 12.1 Å². The van der Waals surface area contributed by atoms with Crippen molar-refractivity contribution in [3.8, 4) is 0 Å². The molecular formula is C12H21NO3. The Labute approximate surface area is 96.6 Å². The Kier molecular flexibility index (Phi) is 2.86. The second-order valence-corrected chi connectivity index (χ2v) is 5.86. The molecule has 1 saturated carbocycles. The van der Waals surface area contributed by atoms with Crippen molar-refractivity contribution in [1.29, 1.82) is 0 Å². The first-order chi connectivity index (χ1) is 7.38. The Morgan fingerprint density at radius 2 is 2.00 bits per heavy atom. The van der Waals surface area contributed by atoms with Crippen molar-refractivity contribution in [3.63, 3.8) is 0 Å². The summed E-state index contributed by atoms with van der Waals surface area (Å²) >= 11 is 0. The lowest BCUT2D eigenvalue weighted by atomic mass is 10.0. The number of rotatable bonds is 0. The molecule has 92 valence electrons. The summed E-state index contributed by atoms with van der Waals surface area (Å²) in [6, 6.07) is -0.00477. The number of aliphatic hydroxyl groups is 1. The number of carbonyl (C=O) groups excluding carboxylic acids is 1. The lowest BCUT2D eigenvalue weighted by Crippen LogP contribution is -2.44. The van der Waals surface area contributed by atoms with Crippen molar-refractivity contribution in [2.75, 3.05) is 6.54 Å². The van der Waals surface area contributed by atoms with E-state index in [1.807, 2.05) is 20.8 Å². The van der Waals surface area contributed by atoms with Crippen LogP contribution in [0.15, 0.2) is 0 Å². The van der Waals surface area contributed by atoms with Gasteiger partial charge in [0.15, 0.2) is 0 Å². The SMILES string of the molecule is CC(C)(C)OC(=O)N1CC[C@H]2CC[C@H](O)[C@H]21. The van der Waals surface area contributed by atoms with E-state index in [1.165, 1.54) is 0 Å². The van der Waals surface area contributed by atoms with Crippen molar-refractivity contribution >= 4 is 6.09 Å². The molecule has 0 unspecified atom stereocenters. The lowest BCUT2D eigenvalue weighted by Gasteiger charge is -2.29. The number of likely N-dealkylation sites (tertiary alicyclic amines) is 1. The van der Waals surface area contributed by atoms with Crippen LogP contribution in [-0.2, 0) is 4.74 Å². The van der Waals surface area contributed by atoms with E-state index in [-0.39, 0.29) is 18.2 Å². The van der Waals surface area contributed by atoms with E-state index in [0.717, 1.165) is 25.8 Å². The minimum atomic E-state index is -0.460. The fourth-order valence-electron chi connectivity index (χ4n) is 2.81. The van der Waals surface area contributed by atoms with Gasteiger partial charge in [-0.2, -0.15) is 0 Å². The van der Waals surface area contributed by atoms with Gasteiger partial charge in [0.1, 0.15) is 5.60 Å². The highest BCUT2D eigenvalue weighted by Crippen LogP contribution is 2.38. The average Bonchev–Trinajstić information content (AvgIpc) is 2.66. The highest BCUT2D eigenvalue weighted by molar-refractivity contribution is 5.69. The summed E-state index contributed by atoms with van der Waals surface area (Å²) in [6.45, 7) is 6.32. The van der Waals surface area contributed by atoms with Gasteiger partial charge in [0.25, 0.3) is 0 Å². The summed E-state index contributed by atoms with van der Waals surface area (Å²) in [5, 5.41) is 9.87. The average molecular weight is 227 g/mol.